The smallest absolute Gasteiger partial charge is 0.169 e. The largest absolute Gasteiger partial charge is 0.490 e. The molecule has 0 unspecified atom stereocenters. The van der Waals surface area contributed by atoms with Crippen molar-refractivity contribution in [1.29, 1.82) is 5.26 Å². The summed E-state index contributed by atoms with van der Waals surface area (Å²) in [6.45, 7) is 2.69. The lowest BCUT2D eigenvalue weighted by molar-refractivity contribution is 0.302. The van der Waals surface area contributed by atoms with Crippen molar-refractivity contribution in [3.63, 3.8) is 0 Å². The lowest BCUT2D eigenvalue weighted by atomic mass is 10.3. The van der Waals surface area contributed by atoms with Gasteiger partial charge in [-0.05, 0) is 24.6 Å². The summed E-state index contributed by atoms with van der Waals surface area (Å²) >= 11 is 0. The molecule has 0 aliphatic heterocycles. The van der Waals surface area contributed by atoms with Crippen LogP contribution in [0.3, 0.4) is 0 Å². The summed E-state index contributed by atoms with van der Waals surface area (Å²) in [5.41, 5.74) is 0.324. The number of pyridine rings is 1. The molecule has 0 amide bonds. The summed E-state index contributed by atoms with van der Waals surface area (Å²) in [5.74, 6) is 1.89. The maximum atomic E-state index is 8.81. The van der Waals surface area contributed by atoms with Crippen LogP contribution in [0, 0.1) is 11.3 Å². The van der Waals surface area contributed by atoms with Gasteiger partial charge in [0.05, 0.1) is 6.61 Å². The zero-order valence-electron chi connectivity index (χ0n) is 10.7. The summed E-state index contributed by atoms with van der Waals surface area (Å²) in [6.07, 6.45) is 2.48. The average Bonchev–Trinajstić information content (AvgIpc) is 2.46. The first-order valence-electron chi connectivity index (χ1n) is 6.09. The molecule has 4 heteroatoms. The monoisotopic (exact) mass is 254 g/mol. The second kappa shape index (κ2) is 6.41. The van der Waals surface area contributed by atoms with Crippen LogP contribution in [-0.4, -0.2) is 11.6 Å². The maximum absolute atomic E-state index is 8.81. The average molecular weight is 254 g/mol. The highest BCUT2D eigenvalue weighted by molar-refractivity contribution is 5.43. The van der Waals surface area contributed by atoms with E-state index in [0.29, 0.717) is 29.5 Å². The van der Waals surface area contributed by atoms with Gasteiger partial charge in [-0.15, -0.1) is 0 Å². The molecule has 2 rings (SSSR count). The predicted octanol–water partition coefficient (Wildman–Crippen LogP) is 3.53. The first-order valence-corrected chi connectivity index (χ1v) is 6.09. The molecule has 0 radical (unpaired) electrons. The van der Waals surface area contributed by atoms with Crippen molar-refractivity contribution >= 4 is 0 Å². The molecule has 0 N–H and O–H groups in total. The Morgan fingerprint density at radius 1 is 1.21 bits per heavy atom. The van der Waals surface area contributed by atoms with E-state index in [9.17, 15) is 0 Å². The Labute approximate surface area is 112 Å². The third-order valence-electron chi connectivity index (χ3n) is 2.38. The number of aromatic nitrogens is 1. The molecule has 0 aliphatic carbocycles. The van der Waals surface area contributed by atoms with Crippen LogP contribution in [0.2, 0.25) is 0 Å². The second-order valence-corrected chi connectivity index (χ2v) is 3.89. The molecule has 0 saturated heterocycles. The van der Waals surface area contributed by atoms with E-state index >= 15 is 0 Å². The molecule has 0 atom stereocenters. The van der Waals surface area contributed by atoms with Gasteiger partial charge in [0, 0.05) is 12.3 Å². The van der Waals surface area contributed by atoms with Crippen LogP contribution in [0.4, 0.5) is 0 Å². The minimum absolute atomic E-state index is 0.324. The lowest BCUT2D eigenvalue weighted by Crippen LogP contribution is -1.97. The summed E-state index contributed by atoms with van der Waals surface area (Å²) in [7, 11) is 0. The molecule has 1 aromatic heterocycles. The SMILES string of the molecule is CCCOc1ccccc1Oc1ccnc(C#N)c1. The molecule has 0 spiro atoms. The van der Waals surface area contributed by atoms with Crippen LogP contribution in [0.5, 0.6) is 17.2 Å². The first kappa shape index (κ1) is 12.9. The molecule has 0 bridgehead atoms. The zero-order chi connectivity index (χ0) is 13.5. The quantitative estimate of drug-likeness (QED) is 0.819. The number of nitriles is 1. The van der Waals surface area contributed by atoms with E-state index in [-0.39, 0.29) is 0 Å². The van der Waals surface area contributed by atoms with Crippen LogP contribution in [0.25, 0.3) is 0 Å². The van der Waals surface area contributed by atoms with Gasteiger partial charge in [-0.25, -0.2) is 4.98 Å². The molecule has 96 valence electrons. The van der Waals surface area contributed by atoms with Gasteiger partial charge in [-0.3, -0.25) is 0 Å². The Kier molecular flexibility index (Phi) is 4.35. The molecule has 0 saturated carbocycles. The molecule has 0 aliphatic rings. The Morgan fingerprint density at radius 3 is 2.74 bits per heavy atom. The number of para-hydroxylation sites is 2. The van der Waals surface area contributed by atoms with Crippen LogP contribution in [0.15, 0.2) is 42.6 Å². The molecule has 1 aromatic carbocycles. The minimum Gasteiger partial charge on any atom is -0.490 e. The predicted molar refractivity (Wildman–Crippen MR) is 71.3 cm³/mol. The number of hydrogen-bond donors (Lipinski definition) is 0. The van der Waals surface area contributed by atoms with E-state index in [1.54, 1.807) is 18.3 Å². The van der Waals surface area contributed by atoms with Gasteiger partial charge in [0.2, 0.25) is 0 Å². The molecule has 2 aromatic rings. The van der Waals surface area contributed by atoms with E-state index in [0.717, 1.165) is 6.42 Å². The van der Waals surface area contributed by atoms with Crippen molar-refractivity contribution in [1.82, 2.24) is 4.98 Å². The first-order chi connectivity index (χ1) is 9.33. The van der Waals surface area contributed by atoms with Gasteiger partial charge in [-0.2, -0.15) is 5.26 Å². The van der Waals surface area contributed by atoms with Crippen molar-refractivity contribution in [3.8, 4) is 23.3 Å². The van der Waals surface area contributed by atoms with E-state index in [4.69, 9.17) is 14.7 Å². The number of nitrogens with zero attached hydrogens (tertiary/aromatic N) is 2. The van der Waals surface area contributed by atoms with Crippen molar-refractivity contribution < 1.29 is 9.47 Å². The Bertz CT molecular complexity index is 591. The fourth-order valence-corrected chi connectivity index (χ4v) is 1.53. The van der Waals surface area contributed by atoms with Crippen LogP contribution in [-0.2, 0) is 0 Å². The van der Waals surface area contributed by atoms with Crippen LogP contribution < -0.4 is 9.47 Å². The van der Waals surface area contributed by atoms with E-state index in [1.807, 2.05) is 37.3 Å². The fourth-order valence-electron chi connectivity index (χ4n) is 1.53. The van der Waals surface area contributed by atoms with Gasteiger partial charge >= 0.3 is 0 Å². The van der Waals surface area contributed by atoms with Gasteiger partial charge in [0.15, 0.2) is 11.5 Å². The summed E-state index contributed by atoms with van der Waals surface area (Å²) in [4.78, 5) is 3.90. The molecule has 19 heavy (non-hydrogen) atoms. The number of ether oxygens (including phenoxy) is 2. The van der Waals surface area contributed by atoms with E-state index < -0.39 is 0 Å². The van der Waals surface area contributed by atoms with Crippen molar-refractivity contribution in [2.24, 2.45) is 0 Å². The highest BCUT2D eigenvalue weighted by atomic mass is 16.5. The van der Waals surface area contributed by atoms with Crippen molar-refractivity contribution in [3.05, 3.63) is 48.3 Å². The topological polar surface area (TPSA) is 55.1 Å². The van der Waals surface area contributed by atoms with Gasteiger partial charge < -0.3 is 9.47 Å². The number of hydrogen-bond acceptors (Lipinski definition) is 4. The van der Waals surface area contributed by atoms with Gasteiger partial charge in [0.1, 0.15) is 17.5 Å². The van der Waals surface area contributed by atoms with E-state index in [2.05, 4.69) is 4.98 Å². The Morgan fingerprint density at radius 2 is 2.00 bits per heavy atom. The lowest BCUT2D eigenvalue weighted by Gasteiger charge is -2.11. The standard InChI is InChI=1S/C15H14N2O2/c1-2-9-18-14-5-3-4-6-15(14)19-13-7-8-17-12(10-13)11-16/h3-8,10H,2,9H2,1H3. The molecule has 0 fully saturated rings. The van der Waals surface area contributed by atoms with E-state index in [1.165, 1.54) is 0 Å². The minimum atomic E-state index is 0.324. The summed E-state index contributed by atoms with van der Waals surface area (Å²) in [6, 6.07) is 12.7. The molecule has 4 nitrogen and oxygen atoms in total. The van der Waals surface area contributed by atoms with Crippen molar-refractivity contribution in [2.45, 2.75) is 13.3 Å². The highest BCUT2D eigenvalue weighted by Crippen LogP contribution is 2.31. The number of rotatable bonds is 5. The van der Waals surface area contributed by atoms with Gasteiger partial charge in [-0.1, -0.05) is 19.1 Å². The normalized spacial score (nSPS) is 9.68. The second-order valence-electron chi connectivity index (χ2n) is 3.89. The molecular formula is C15H14N2O2. The zero-order valence-corrected chi connectivity index (χ0v) is 10.7. The maximum Gasteiger partial charge on any atom is 0.169 e. The van der Waals surface area contributed by atoms with Gasteiger partial charge in [0.25, 0.3) is 0 Å². The third-order valence-corrected chi connectivity index (χ3v) is 2.38. The van der Waals surface area contributed by atoms with Crippen LogP contribution >= 0.6 is 0 Å². The Balaban J connectivity index is 2.20. The number of benzene rings is 1. The summed E-state index contributed by atoms with van der Waals surface area (Å²) in [5, 5.41) is 8.81. The van der Waals surface area contributed by atoms with Crippen LogP contribution in [0.1, 0.15) is 19.0 Å². The highest BCUT2D eigenvalue weighted by Gasteiger charge is 2.06. The third kappa shape index (κ3) is 3.46. The summed E-state index contributed by atoms with van der Waals surface area (Å²) < 4.78 is 11.3. The fraction of sp³-hybridized carbons (Fsp3) is 0.200. The Hall–Kier alpha value is -2.54. The van der Waals surface area contributed by atoms with Crippen molar-refractivity contribution in [2.75, 3.05) is 6.61 Å². The molecular weight excluding hydrogens is 240 g/mol. The molecule has 1 heterocycles.